The molecule has 1 aliphatic heterocycles. The van der Waals surface area contributed by atoms with Crippen LogP contribution in [0.15, 0.2) is 69.8 Å². The number of nitrogens with one attached hydrogen (secondary N) is 2. The van der Waals surface area contributed by atoms with Crippen LogP contribution < -0.4 is 15.6 Å². The van der Waals surface area contributed by atoms with Crippen LogP contribution in [0.5, 0.6) is 5.75 Å². The van der Waals surface area contributed by atoms with Crippen molar-refractivity contribution < 1.29 is 9.53 Å². The van der Waals surface area contributed by atoms with Crippen LogP contribution in [0.1, 0.15) is 54.9 Å². The third-order valence-electron chi connectivity index (χ3n) is 6.78. The van der Waals surface area contributed by atoms with Crippen LogP contribution in [0.2, 0.25) is 0 Å². The maximum absolute atomic E-state index is 13.5. The Balaban J connectivity index is 1.62. The second kappa shape index (κ2) is 9.04. The van der Waals surface area contributed by atoms with Gasteiger partial charge in [0.1, 0.15) is 11.6 Å². The molecule has 0 amide bonds. The van der Waals surface area contributed by atoms with Crippen molar-refractivity contribution in [1.29, 1.82) is 0 Å². The number of H-pyrrole nitrogens is 1. The normalized spacial score (nSPS) is 18.5. The number of rotatable bonds is 5. The van der Waals surface area contributed by atoms with Crippen LogP contribution in [0.3, 0.4) is 0 Å². The van der Waals surface area contributed by atoms with Gasteiger partial charge in [0.25, 0.3) is 5.56 Å². The van der Waals surface area contributed by atoms with Crippen LogP contribution in [0, 0.1) is 12.3 Å². The first-order valence-electron chi connectivity index (χ1n) is 11.7. The van der Waals surface area contributed by atoms with Gasteiger partial charge in [0.15, 0.2) is 10.9 Å². The monoisotopic (exact) mass is 487 g/mol. The predicted molar refractivity (Wildman–Crippen MR) is 139 cm³/mol. The summed E-state index contributed by atoms with van der Waals surface area (Å²) in [5.74, 6) is 1.38. The van der Waals surface area contributed by atoms with E-state index >= 15 is 0 Å². The molecule has 1 atom stereocenters. The highest BCUT2D eigenvalue weighted by molar-refractivity contribution is 7.98. The van der Waals surface area contributed by atoms with Crippen molar-refractivity contribution in [3.63, 3.8) is 0 Å². The Hall–Kier alpha value is -3.32. The summed E-state index contributed by atoms with van der Waals surface area (Å²) in [6.45, 7) is 6.27. The lowest BCUT2D eigenvalue weighted by molar-refractivity contribution is -0.118. The zero-order chi connectivity index (χ0) is 24.7. The summed E-state index contributed by atoms with van der Waals surface area (Å²) in [6, 6.07) is 15.8. The Labute approximate surface area is 209 Å². The molecule has 0 fully saturated rings. The Morgan fingerprint density at radius 3 is 2.60 bits per heavy atom. The number of Topliss-reactive ketones (excluding diaryl/α,β-unsaturated/α-hetero) is 1. The summed E-state index contributed by atoms with van der Waals surface area (Å²) in [6.07, 6.45) is 1.14. The van der Waals surface area contributed by atoms with E-state index < -0.39 is 5.92 Å². The number of carbonyl (C=O) groups excluding carboxylic acids is 1. The fourth-order valence-electron chi connectivity index (χ4n) is 5.10. The van der Waals surface area contributed by atoms with Crippen molar-refractivity contribution in [2.45, 2.75) is 50.4 Å². The minimum atomic E-state index is -0.535. The van der Waals surface area contributed by atoms with Crippen molar-refractivity contribution in [3.05, 3.63) is 92.4 Å². The van der Waals surface area contributed by atoms with Gasteiger partial charge in [-0.3, -0.25) is 9.59 Å². The number of para-hydroxylation sites is 1. The zero-order valence-corrected chi connectivity index (χ0v) is 21.2. The number of carbonyl (C=O) groups is 1. The van der Waals surface area contributed by atoms with E-state index in [0.717, 1.165) is 11.3 Å². The van der Waals surface area contributed by atoms with E-state index in [-0.39, 0.29) is 16.8 Å². The molecular weight excluding hydrogens is 458 g/mol. The van der Waals surface area contributed by atoms with Gasteiger partial charge in [0.05, 0.1) is 18.6 Å². The topological polar surface area (TPSA) is 84.1 Å². The molecule has 5 rings (SSSR count). The van der Waals surface area contributed by atoms with Crippen LogP contribution in [0.25, 0.3) is 0 Å². The van der Waals surface area contributed by atoms with Gasteiger partial charge in [-0.2, -0.15) is 0 Å². The van der Waals surface area contributed by atoms with E-state index in [1.54, 1.807) is 7.11 Å². The minimum Gasteiger partial charge on any atom is -0.496 e. The third kappa shape index (κ3) is 4.41. The Morgan fingerprint density at radius 2 is 1.83 bits per heavy atom. The van der Waals surface area contributed by atoms with E-state index in [1.807, 2.05) is 36.4 Å². The summed E-state index contributed by atoms with van der Waals surface area (Å²) in [4.78, 5) is 34.8. The first-order valence-corrected chi connectivity index (χ1v) is 12.7. The van der Waals surface area contributed by atoms with Crippen molar-refractivity contribution >= 4 is 23.4 Å². The molecule has 1 aliphatic carbocycles. The summed E-state index contributed by atoms with van der Waals surface area (Å²) >= 11 is 1.49. The van der Waals surface area contributed by atoms with Crippen molar-refractivity contribution in [2.24, 2.45) is 5.41 Å². The molecule has 0 unspecified atom stereocenters. The number of nitrogens with zero attached hydrogens (tertiary/aromatic N) is 1. The van der Waals surface area contributed by atoms with Gasteiger partial charge in [-0.05, 0) is 36.0 Å². The Kier molecular flexibility index (Phi) is 6.05. The number of allylic oxidation sites excluding steroid dienone is 2. The third-order valence-corrected chi connectivity index (χ3v) is 7.70. The number of benzene rings is 2. The van der Waals surface area contributed by atoms with Gasteiger partial charge >= 0.3 is 0 Å². The first kappa shape index (κ1) is 23.4. The van der Waals surface area contributed by atoms with Crippen LogP contribution in [-0.4, -0.2) is 22.9 Å². The number of aromatic nitrogens is 2. The van der Waals surface area contributed by atoms with E-state index in [9.17, 15) is 9.59 Å². The fourth-order valence-corrected chi connectivity index (χ4v) is 6.03. The van der Waals surface area contributed by atoms with Gasteiger partial charge in [-0.1, -0.05) is 68.1 Å². The molecule has 0 radical (unpaired) electrons. The smallest absolute Gasteiger partial charge is 0.257 e. The number of methoxy groups -OCH3 is 1. The summed E-state index contributed by atoms with van der Waals surface area (Å²) in [5, 5.41) is 3.94. The molecule has 2 N–H and O–H groups in total. The average Bonchev–Trinajstić information content (AvgIpc) is 2.81. The van der Waals surface area contributed by atoms with E-state index in [4.69, 9.17) is 9.72 Å². The number of thioether (sulfide) groups is 1. The van der Waals surface area contributed by atoms with Gasteiger partial charge in [-0.15, -0.1) is 0 Å². The molecule has 0 saturated carbocycles. The molecule has 3 aromatic rings. The SMILES string of the molecule is COc1ccccc1[C@@H]1C2=C(CC(C)(C)CC2=O)Nc2nc(SCc3ccccc3C)[nH]c(=O)c21. The average molecular weight is 488 g/mol. The molecule has 2 aromatic carbocycles. The molecular formula is C28H29N3O3S. The molecule has 0 spiro atoms. The Morgan fingerprint density at radius 1 is 1.09 bits per heavy atom. The maximum atomic E-state index is 13.5. The zero-order valence-electron chi connectivity index (χ0n) is 20.4. The minimum absolute atomic E-state index is 0.0581. The number of aromatic amines is 1. The highest BCUT2D eigenvalue weighted by Gasteiger charge is 2.43. The van der Waals surface area contributed by atoms with E-state index in [2.05, 4.69) is 43.2 Å². The molecule has 1 aromatic heterocycles. The highest BCUT2D eigenvalue weighted by Crippen LogP contribution is 2.49. The maximum Gasteiger partial charge on any atom is 0.257 e. The number of anilines is 1. The second-order valence-electron chi connectivity index (χ2n) is 9.98. The van der Waals surface area contributed by atoms with Gasteiger partial charge in [0, 0.05) is 29.0 Å². The number of hydrogen-bond donors (Lipinski definition) is 2. The second-order valence-corrected chi connectivity index (χ2v) is 10.9. The van der Waals surface area contributed by atoms with E-state index in [1.165, 1.54) is 22.9 Å². The lowest BCUT2D eigenvalue weighted by Gasteiger charge is -2.38. The standard InChI is InChI=1S/C28H29N3O3S/c1-16-9-5-6-10-17(16)15-35-27-30-25-24(26(33)31-27)22(18-11-7-8-12-21(18)34-4)23-19(29-25)13-28(2,3)14-20(23)32/h5-12,22H,13-15H2,1-4H3,(H2,29,30,31,33)/t22-/m1/s1. The van der Waals surface area contributed by atoms with Gasteiger partial charge in [-0.25, -0.2) is 4.98 Å². The summed E-state index contributed by atoms with van der Waals surface area (Å²) < 4.78 is 5.64. The molecule has 0 saturated heterocycles. The summed E-state index contributed by atoms with van der Waals surface area (Å²) in [7, 11) is 1.61. The molecule has 180 valence electrons. The lowest BCUT2D eigenvalue weighted by Crippen LogP contribution is -2.37. The molecule has 2 aliphatic rings. The molecule has 7 heteroatoms. The molecule has 0 bridgehead atoms. The van der Waals surface area contributed by atoms with Gasteiger partial charge < -0.3 is 15.0 Å². The number of hydrogen-bond acceptors (Lipinski definition) is 6. The highest BCUT2D eigenvalue weighted by atomic mass is 32.2. The van der Waals surface area contributed by atoms with Crippen LogP contribution >= 0.6 is 11.8 Å². The lowest BCUT2D eigenvalue weighted by atomic mass is 9.69. The number of fused-ring (bicyclic) bond motifs is 1. The number of ketones is 1. The predicted octanol–water partition coefficient (Wildman–Crippen LogP) is 5.58. The van der Waals surface area contributed by atoms with Crippen molar-refractivity contribution in [3.8, 4) is 5.75 Å². The van der Waals surface area contributed by atoms with E-state index in [0.29, 0.717) is 46.5 Å². The van der Waals surface area contributed by atoms with Crippen molar-refractivity contribution in [1.82, 2.24) is 9.97 Å². The molecule has 6 nitrogen and oxygen atoms in total. The van der Waals surface area contributed by atoms with Gasteiger partial charge in [0.2, 0.25) is 0 Å². The molecule has 35 heavy (non-hydrogen) atoms. The summed E-state index contributed by atoms with van der Waals surface area (Å²) in [5.41, 5.74) is 4.74. The first-order chi connectivity index (χ1) is 16.8. The van der Waals surface area contributed by atoms with Crippen LogP contribution in [0.4, 0.5) is 5.82 Å². The number of ether oxygens (including phenoxy) is 1. The quantitative estimate of drug-likeness (QED) is 0.361. The fraction of sp³-hybridized carbons (Fsp3) is 0.321. The largest absolute Gasteiger partial charge is 0.496 e. The Bertz CT molecular complexity index is 1410. The van der Waals surface area contributed by atoms with Crippen molar-refractivity contribution in [2.75, 3.05) is 12.4 Å². The van der Waals surface area contributed by atoms with Crippen LogP contribution in [-0.2, 0) is 10.5 Å². The number of aryl methyl sites for hydroxylation is 1. The molecule has 2 heterocycles.